The predicted octanol–water partition coefficient (Wildman–Crippen LogP) is 11.9. The van der Waals surface area contributed by atoms with Crippen molar-refractivity contribution in [1.82, 2.24) is 9.80 Å². The molecule has 2 nitrogen and oxygen atoms in total. The topological polar surface area (TPSA) is 6.48 Å². The molecule has 2 aromatic carbocycles. The highest BCUT2D eigenvalue weighted by atomic mass is 32.1. The molecule has 7 unspecified atom stereocenters. The van der Waals surface area contributed by atoms with E-state index in [1.807, 2.05) is 11.3 Å². The van der Waals surface area contributed by atoms with Crippen molar-refractivity contribution in [2.24, 2.45) is 17.8 Å². The molecule has 2 aliphatic heterocycles. The van der Waals surface area contributed by atoms with E-state index >= 15 is 0 Å². The number of hydrogen-bond acceptors (Lipinski definition) is 3. The van der Waals surface area contributed by atoms with Crippen molar-refractivity contribution < 1.29 is 0 Å². The van der Waals surface area contributed by atoms with Crippen molar-refractivity contribution in [3.63, 3.8) is 0 Å². The van der Waals surface area contributed by atoms with Gasteiger partial charge < -0.3 is 9.80 Å². The molecular formula is C48H46N2S. The van der Waals surface area contributed by atoms with Gasteiger partial charge in [0, 0.05) is 50.2 Å². The predicted molar refractivity (Wildman–Crippen MR) is 214 cm³/mol. The number of fused-ring (bicyclic) bond motifs is 8. The molecule has 1 saturated heterocycles. The van der Waals surface area contributed by atoms with Crippen molar-refractivity contribution in [3.05, 3.63) is 166 Å². The van der Waals surface area contributed by atoms with E-state index in [0.29, 0.717) is 41.9 Å². The van der Waals surface area contributed by atoms with Crippen LogP contribution in [0.5, 0.6) is 0 Å². The van der Waals surface area contributed by atoms with Crippen LogP contribution in [0.2, 0.25) is 0 Å². The number of allylic oxidation sites excluding steroid dienone is 10. The Morgan fingerprint density at radius 3 is 2.61 bits per heavy atom. The Morgan fingerprint density at radius 2 is 1.65 bits per heavy atom. The summed E-state index contributed by atoms with van der Waals surface area (Å²) in [5.74, 6) is 1.48. The second kappa shape index (κ2) is 12.1. The van der Waals surface area contributed by atoms with Crippen LogP contribution in [0.3, 0.4) is 0 Å². The summed E-state index contributed by atoms with van der Waals surface area (Å²) in [6, 6.07) is 21.9. The average Bonchev–Trinajstić information content (AvgIpc) is 3.86. The van der Waals surface area contributed by atoms with E-state index in [2.05, 4.69) is 137 Å². The lowest BCUT2D eigenvalue weighted by Gasteiger charge is -2.39. The van der Waals surface area contributed by atoms with Gasteiger partial charge in [0.15, 0.2) is 0 Å². The molecule has 3 aromatic rings. The number of hydrogen-bond donors (Lipinski definition) is 0. The second-order valence-corrected chi connectivity index (χ2v) is 17.0. The molecule has 0 N–H and O–H groups in total. The molecule has 51 heavy (non-hydrogen) atoms. The quantitative estimate of drug-likeness (QED) is 0.253. The minimum absolute atomic E-state index is 0.394. The fourth-order valence-electron chi connectivity index (χ4n) is 11.0. The summed E-state index contributed by atoms with van der Waals surface area (Å²) in [5.41, 5.74) is 12.3. The molecule has 254 valence electrons. The molecule has 0 radical (unpaired) electrons. The van der Waals surface area contributed by atoms with Gasteiger partial charge in [-0.2, -0.15) is 0 Å². The lowest BCUT2D eigenvalue weighted by molar-refractivity contribution is 0.214. The lowest BCUT2D eigenvalue weighted by Crippen LogP contribution is -2.40. The highest BCUT2D eigenvalue weighted by Gasteiger charge is 2.46. The van der Waals surface area contributed by atoms with Crippen LogP contribution in [0.1, 0.15) is 79.8 Å². The van der Waals surface area contributed by atoms with E-state index in [9.17, 15) is 0 Å². The summed E-state index contributed by atoms with van der Waals surface area (Å²) in [7, 11) is 0. The maximum atomic E-state index is 2.86. The molecule has 0 saturated carbocycles. The highest BCUT2D eigenvalue weighted by molar-refractivity contribution is 7.19. The first kappa shape index (κ1) is 30.3. The average molecular weight is 683 g/mol. The Labute approximate surface area is 306 Å². The number of nitrogens with zero attached hydrogens (tertiary/aromatic N) is 2. The Hall–Kier alpha value is -4.34. The summed E-state index contributed by atoms with van der Waals surface area (Å²) in [6.45, 7) is 0. The molecule has 0 bridgehead atoms. The zero-order valence-corrected chi connectivity index (χ0v) is 30.1. The van der Waals surface area contributed by atoms with Crippen molar-refractivity contribution in [1.29, 1.82) is 0 Å². The monoisotopic (exact) mass is 682 g/mol. The maximum Gasteiger partial charge on any atom is 0.0679 e. The Morgan fingerprint density at radius 1 is 0.725 bits per heavy atom. The number of thiophene rings is 1. The smallest absolute Gasteiger partial charge is 0.0679 e. The fraction of sp³-hybridized carbons (Fsp3) is 0.333. The third-order valence-electron chi connectivity index (χ3n) is 13.2. The number of benzene rings is 2. The van der Waals surface area contributed by atoms with Crippen LogP contribution in [0.25, 0.3) is 21.7 Å². The van der Waals surface area contributed by atoms with Crippen LogP contribution in [0.4, 0.5) is 0 Å². The minimum Gasteiger partial charge on any atom is -0.359 e. The van der Waals surface area contributed by atoms with Gasteiger partial charge in [-0.05, 0) is 97.3 Å². The third-order valence-corrected chi connectivity index (χ3v) is 14.5. The van der Waals surface area contributed by atoms with Crippen LogP contribution in [-0.4, -0.2) is 27.9 Å². The zero-order chi connectivity index (χ0) is 33.5. The molecule has 3 heterocycles. The van der Waals surface area contributed by atoms with E-state index in [1.165, 1.54) is 64.5 Å². The lowest BCUT2D eigenvalue weighted by atomic mass is 9.77. The third kappa shape index (κ3) is 4.80. The largest absolute Gasteiger partial charge is 0.359 e. The summed E-state index contributed by atoms with van der Waals surface area (Å²) in [6.07, 6.45) is 41.2. The SMILES string of the molecule is C1=CC2=C(CC1)N(C1CC=Cc3c1sc1ccccc31)C1C=CC(C3C=C4C(=CC3)N(C3C=C(c5ccccc5)CCC3)C3C=CCCC43)=CC21. The minimum atomic E-state index is 0.394. The Bertz CT molecular complexity index is 2200. The van der Waals surface area contributed by atoms with Gasteiger partial charge in [0.05, 0.1) is 18.1 Å². The van der Waals surface area contributed by atoms with Gasteiger partial charge in [-0.15, -0.1) is 11.3 Å². The molecule has 7 atom stereocenters. The maximum absolute atomic E-state index is 2.86. The first-order valence-electron chi connectivity index (χ1n) is 19.7. The number of rotatable bonds is 4. The highest BCUT2D eigenvalue weighted by Crippen LogP contribution is 2.54. The fourth-order valence-corrected chi connectivity index (χ4v) is 12.3. The van der Waals surface area contributed by atoms with Crippen molar-refractivity contribution >= 4 is 33.1 Å². The van der Waals surface area contributed by atoms with Crippen LogP contribution < -0.4 is 0 Å². The summed E-state index contributed by atoms with van der Waals surface area (Å²) in [5, 5.41) is 1.42. The van der Waals surface area contributed by atoms with E-state index in [1.54, 1.807) is 27.4 Å². The Kier molecular flexibility index (Phi) is 7.20. The van der Waals surface area contributed by atoms with Crippen molar-refractivity contribution in [2.75, 3.05) is 0 Å². The van der Waals surface area contributed by atoms with Crippen LogP contribution in [-0.2, 0) is 0 Å². The molecule has 1 fully saturated rings. The molecule has 1 aromatic heterocycles. The normalized spacial score (nSPS) is 31.8. The summed E-state index contributed by atoms with van der Waals surface area (Å²) >= 11 is 2.02. The van der Waals surface area contributed by atoms with Crippen LogP contribution >= 0.6 is 11.3 Å². The molecule has 0 spiro atoms. The Balaban J connectivity index is 0.911. The van der Waals surface area contributed by atoms with Crippen molar-refractivity contribution in [3.8, 4) is 0 Å². The van der Waals surface area contributed by atoms with Crippen LogP contribution in [0.15, 0.2) is 150 Å². The van der Waals surface area contributed by atoms with Gasteiger partial charge in [-0.1, -0.05) is 121 Å². The molecule has 8 aliphatic rings. The molecule has 3 heteroatoms. The summed E-state index contributed by atoms with van der Waals surface area (Å²) in [4.78, 5) is 7.26. The van der Waals surface area contributed by atoms with Gasteiger partial charge in [0.1, 0.15) is 0 Å². The van der Waals surface area contributed by atoms with Gasteiger partial charge in [0.25, 0.3) is 0 Å². The second-order valence-electron chi connectivity index (χ2n) is 15.9. The molecule has 11 rings (SSSR count). The molecule has 0 amide bonds. The van der Waals surface area contributed by atoms with Gasteiger partial charge in [0.2, 0.25) is 0 Å². The van der Waals surface area contributed by atoms with E-state index in [0.717, 1.165) is 25.7 Å². The van der Waals surface area contributed by atoms with E-state index in [-0.39, 0.29) is 0 Å². The zero-order valence-electron chi connectivity index (χ0n) is 29.3. The summed E-state index contributed by atoms with van der Waals surface area (Å²) < 4.78 is 1.42. The number of likely N-dealkylation sites (tertiary alicyclic amines) is 1. The standard InChI is InChI=1S/C48H46N2S/c1-2-12-31(13-3-1)32-14-10-15-35(28-32)49-42-20-7-4-16-36(42)40-29-33(24-26-44(40)49)34-25-27-45-41(30-34)37-17-5-8-21-43(37)50(45)46-22-11-19-39-38-18-6-9-23-47(38)51-48(39)46/h1-3,5-7,9,11-13,17-20,23,25-30,33,35-36,41-42,45-46H,4,8,10,14-16,21-22,24H2. The molecular weight excluding hydrogens is 637 g/mol. The van der Waals surface area contributed by atoms with Gasteiger partial charge in [-0.25, -0.2) is 0 Å². The van der Waals surface area contributed by atoms with Crippen molar-refractivity contribution in [2.45, 2.75) is 82.0 Å². The van der Waals surface area contributed by atoms with Crippen LogP contribution in [0, 0.1) is 17.8 Å². The van der Waals surface area contributed by atoms with E-state index < -0.39 is 0 Å². The first-order chi connectivity index (χ1) is 25.3. The van der Waals surface area contributed by atoms with Gasteiger partial charge >= 0.3 is 0 Å². The molecule has 6 aliphatic carbocycles. The first-order valence-corrected chi connectivity index (χ1v) is 20.5. The van der Waals surface area contributed by atoms with E-state index in [4.69, 9.17) is 0 Å². The van der Waals surface area contributed by atoms with Gasteiger partial charge in [-0.3, -0.25) is 0 Å².